The summed E-state index contributed by atoms with van der Waals surface area (Å²) in [4.78, 5) is 16.7. The minimum atomic E-state index is -0.185. The van der Waals surface area contributed by atoms with E-state index in [-0.39, 0.29) is 5.91 Å². The number of hydrogen-bond acceptors (Lipinski definition) is 4. The summed E-state index contributed by atoms with van der Waals surface area (Å²) in [6, 6.07) is 10.4. The van der Waals surface area contributed by atoms with Gasteiger partial charge < -0.3 is 10.1 Å². The summed E-state index contributed by atoms with van der Waals surface area (Å²) in [5.74, 6) is 0.322. The van der Waals surface area contributed by atoms with Gasteiger partial charge in [0.05, 0.1) is 19.0 Å². The van der Waals surface area contributed by atoms with Gasteiger partial charge in [-0.05, 0) is 30.3 Å². The van der Waals surface area contributed by atoms with Gasteiger partial charge in [0.1, 0.15) is 0 Å². The van der Waals surface area contributed by atoms with Crippen molar-refractivity contribution in [2.75, 3.05) is 12.4 Å². The van der Waals surface area contributed by atoms with Gasteiger partial charge in [0, 0.05) is 16.5 Å². The predicted octanol–water partition coefficient (Wildman–Crippen LogP) is 2.63. The maximum atomic E-state index is 11.9. The van der Waals surface area contributed by atoms with Crippen LogP contribution in [0.1, 0.15) is 10.4 Å². The summed E-state index contributed by atoms with van der Waals surface area (Å²) in [5.41, 5.74) is 1.19. The molecular weight excluding hydrogens is 248 g/mol. The van der Waals surface area contributed by atoms with Crippen molar-refractivity contribution >= 4 is 24.2 Å². The molecule has 18 heavy (non-hydrogen) atoms. The van der Waals surface area contributed by atoms with Crippen LogP contribution in [0.4, 0.5) is 5.69 Å². The molecule has 2 rings (SSSR count). The number of aromatic nitrogens is 1. The van der Waals surface area contributed by atoms with E-state index in [1.54, 1.807) is 49.7 Å². The SMILES string of the molecule is COc1ccc(NC(=O)c2ccc(S)cc2)cn1. The number of ether oxygens (including phenoxy) is 1. The van der Waals surface area contributed by atoms with Crippen LogP contribution in [0.25, 0.3) is 0 Å². The maximum absolute atomic E-state index is 11.9. The number of hydrogen-bond donors (Lipinski definition) is 2. The molecule has 0 unspecified atom stereocenters. The van der Waals surface area contributed by atoms with Crippen molar-refractivity contribution in [1.29, 1.82) is 0 Å². The summed E-state index contributed by atoms with van der Waals surface area (Å²) in [6.07, 6.45) is 1.55. The minimum absolute atomic E-state index is 0.185. The summed E-state index contributed by atoms with van der Waals surface area (Å²) in [7, 11) is 1.54. The number of methoxy groups -OCH3 is 1. The lowest BCUT2D eigenvalue weighted by molar-refractivity contribution is 0.102. The van der Waals surface area contributed by atoms with E-state index in [2.05, 4.69) is 22.9 Å². The van der Waals surface area contributed by atoms with Crippen molar-refractivity contribution in [3.05, 3.63) is 48.2 Å². The molecule has 4 nitrogen and oxygen atoms in total. The first-order chi connectivity index (χ1) is 8.69. The number of pyridine rings is 1. The van der Waals surface area contributed by atoms with E-state index in [9.17, 15) is 4.79 Å². The lowest BCUT2D eigenvalue weighted by Crippen LogP contribution is -2.11. The van der Waals surface area contributed by atoms with Gasteiger partial charge in [0.25, 0.3) is 5.91 Å². The van der Waals surface area contributed by atoms with E-state index in [1.165, 1.54) is 0 Å². The van der Waals surface area contributed by atoms with E-state index in [0.717, 1.165) is 4.90 Å². The Bertz CT molecular complexity index is 538. The number of nitrogens with one attached hydrogen (secondary N) is 1. The number of thiol groups is 1. The molecule has 1 N–H and O–H groups in total. The molecule has 0 saturated carbocycles. The Morgan fingerprint density at radius 3 is 2.50 bits per heavy atom. The zero-order chi connectivity index (χ0) is 13.0. The molecule has 2 aromatic rings. The van der Waals surface area contributed by atoms with Crippen LogP contribution >= 0.6 is 12.6 Å². The van der Waals surface area contributed by atoms with Crippen LogP contribution in [0.15, 0.2) is 47.5 Å². The number of nitrogens with zero attached hydrogens (tertiary/aromatic N) is 1. The highest BCUT2D eigenvalue weighted by molar-refractivity contribution is 7.80. The fourth-order valence-electron chi connectivity index (χ4n) is 1.39. The van der Waals surface area contributed by atoms with Gasteiger partial charge in [0.15, 0.2) is 0 Å². The van der Waals surface area contributed by atoms with Gasteiger partial charge in [0.2, 0.25) is 5.88 Å². The molecule has 1 aromatic heterocycles. The molecule has 1 aromatic carbocycles. The zero-order valence-corrected chi connectivity index (χ0v) is 10.6. The second-order valence-corrected chi connectivity index (χ2v) is 4.11. The van der Waals surface area contributed by atoms with Crippen LogP contribution in [-0.2, 0) is 0 Å². The average molecular weight is 260 g/mol. The second kappa shape index (κ2) is 5.55. The molecule has 92 valence electrons. The van der Waals surface area contributed by atoms with Crippen LogP contribution < -0.4 is 10.1 Å². The number of anilines is 1. The normalized spacial score (nSPS) is 9.89. The minimum Gasteiger partial charge on any atom is -0.481 e. The first kappa shape index (κ1) is 12.4. The van der Waals surface area contributed by atoms with Gasteiger partial charge in [-0.3, -0.25) is 4.79 Å². The molecule has 0 atom stereocenters. The summed E-state index contributed by atoms with van der Waals surface area (Å²) in [6.45, 7) is 0. The predicted molar refractivity (Wildman–Crippen MR) is 72.4 cm³/mol. The molecule has 0 spiro atoms. The number of carbonyl (C=O) groups excluding carboxylic acids is 1. The summed E-state index contributed by atoms with van der Waals surface area (Å²) >= 11 is 4.17. The van der Waals surface area contributed by atoms with Crippen LogP contribution in [0.2, 0.25) is 0 Å². The van der Waals surface area contributed by atoms with Crippen LogP contribution in [0.3, 0.4) is 0 Å². The molecule has 0 radical (unpaired) electrons. The second-order valence-electron chi connectivity index (χ2n) is 3.59. The van der Waals surface area contributed by atoms with Crippen molar-refractivity contribution in [2.24, 2.45) is 0 Å². The number of rotatable bonds is 3. The molecule has 1 amide bonds. The van der Waals surface area contributed by atoms with Gasteiger partial charge in [-0.15, -0.1) is 12.6 Å². The third kappa shape index (κ3) is 3.01. The maximum Gasteiger partial charge on any atom is 0.255 e. The van der Waals surface area contributed by atoms with Gasteiger partial charge in [-0.2, -0.15) is 0 Å². The van der Waals surface area contributed by atoms with Crippen molar-refractivity contribution in [1.82, 2.24) is 4.98 Å². The third-order valence-electron chi connectivity index (χ3n) is 2.33. The Morgan fingerprint density at radius 2 is 1.94 bits per heavy atom. The molecule has 0 aliphatic heterocycles. The van der Waals surface area contributed by atoms with E-state index < -0.39 is 0 Å². The number of amides is 1. The topological polar surface area (TPSA) is 51.2 Å². The fraction of sp³-hybridized carbons (Fsp3) is 0.0769. The third-order valence-corrected chi connectivity index (χ3v) is 2.63. The van der Waals surface area contributed by atoms with Crippen LogP contribution in [0, 0.1) is 0 Å². The molecule has 5 heteroatoms. The van der Waals surface area contributed by atoms with E-state index in [4.69, 9.17) is 4.74 Å². The molecule has 0 saturated heterocycles. The fourth-order valence-corrected chi connectivity index (χ4v) is 1.54. The van der Waals surface area contributed by atoms with Crippen molar-refractivity contribution < 1.29 is 9.53 Å². The first-order valence-electron chi connectivity index (χ1n) is 5.29. The van der Waals surface area contributed by atoms with E-state index in [0.29, 0.717) is 17.1 Å². The molecule has 0 fully saturated rings. The Labute approximate surface area is 110 Å². The largest absolute Gasteiger partial charge is 0.481 e. The van der Waals surface area contributed by atoms with Crippen LogP contribution in [0.5, 0.6) is 5.88 Å². The smallest absolute Gasteiger partial charge is 0.255 e. The van der Waals surface area contributed by atoms with Crippen molar-refractivity contribution in [3.63, 3.8) is 0 Å². The van der Waals surface area contributed by atoms with Gasteiger partial charge in [-0.1, -0.05) is 0 Å². The highest BCUT2D eigenvalue weighted by atomic mass is 32.1. The molecule has 0 bridgehead atoms. The molecule has 1 heterocycles. The Morgan fingerprint density at radius 1 is 1.22 bits per heavy atom. The van der Waals surface area contributed by atoms with Crippen molar-refractivity contribution in [2.45, 2.75) is 4.90 Å². The molecule has 0 aliphatic rings. The number of carbonyl (C=O) groups is 1. The molecular formula is C13H12N2O2S. The van der Waals surface area contributed by atoms with Crippen molar-refractivity contribution in [3.8, 4) is 5.88 Å². The first-order valence-corrected chi connectivity index (χ1v) is 5.74. The lowest BCUT2D eigenvalue weighted by atomic mass is 10.2. The Kier molecular flexibility index (Phi) is 3.84. The highest BCUT2D eigenvalue weighted by Gasteiger charge is 2.05. The van der Waals surface area contributed by atoms with Gasteiger partial charge >= 0.3 is 0 Å². The monoisotopic (exact) mass is 260 g/mol. The summed E-state index contributed by atoms with van der Waals surface area (Å²) < 4.78 is 4.94. The van der Waals surface area contributed by atoms with Gasteiger partial charge in [-0.25, -0.2) is 4.98 Å². The van der Waals surface area contributed by atoms with Crippen LogP contribution in [-0.4, -0.2) is 18.0 Å². The standard InChI is InChI=1S/C13H12N2O2S/c1-17-12-7-4-10(8-14-12)15-13(16)9-2-5-11(18)6-3-9/h2-8,18H,1H3,(H,15,16). The summed E-state index contributed by atoms with van der Waals surface area (Å²) in [5, 5.41) is 2.75. The lowest BCUT2D eigenvalue weighted by Gasteiger charge is -2.05. The Hall–Kier alpha value is -2.01. The average Bonchev–Trinajstić information content (AvgIpc) is 2.40. The molecule has 0 aliphatic carbocycles. The Balaban J connectivity index is 2.08. The highest BCUT2D eigenvalue weighted by Crippen LogP contribution is 2.13. The zero-order valence-electron chi connectivity index (χ0n) is 9.75. The quantitative estimate of drug-likeness (QED) is 0.834. The number of benzene rings is 1. The van der Waals surface area contributed by atoms with E-state index in [1.807, 2.05) is 0 Å². The van der Waals surface area contributed by atoms with E-state index >= 15 is 0 Å².